The third kappa shape index (κ3) is 1.79. The summed E-state index contributed by atoms with van der Waals surface area (Å²) in [6, 6.07) is 0. The molecule has 0 aliphatic carbocycles. The summed E-state index contributed by atoms with van der Waals surface area (Å²) < 4.78 is 10.1. The van der Waals surface area contributed by atoms with Crippen LogP contribution in [0, 0.1) is 0 Å². The van der Waals surface area contributed by atoms with Crippen molar-refractivity contribution in [1.82, 2.24) is 4.98 Å². The lowest BCUT2D eigenvalue weighted by atomic mass is 10.2. The lowest BCUT2D eigenvalue weighted by molar-refractivity contribution is 0.0691. The predicted molar refractivity (Wildman–Crippen MR) is 52.0 cm³/mol. The van der Waals surface area contributed by atoms with Crippen molar-refractivity contribution in [2.75, 3.05) is 14.2 Å². The van der Waals surface area contributed by atoms with Gasteiger partial charge in [-0.3, -0.25) is 0 Å². The monoisotopic (exact) mass is 261 g/mol. The van der Waals surface area contributed by atoms with Crippen molar-refractivity contribution in [3.8, 4) is 11.6 Å². The van der Waals surface area contributed by atoms with E-state index in [1.54, 1.807) is 0 Å². The van der Waals surface area contributed by atoms with E-state index in [2.05, 4.69) is 20.9 Å². The highest BCUT2D eigenvalue weighted by Gasteiger charge is 2.20. The van der Waals surface area contributed by atoms with E-state index in [1.807, 2.05) is 0 Å². The van der Waals surface area contributed by atoms with Crippen LogP contribution >= 0.6 is 15.9 Å². The molecule has 0 unspecified atom stereocenters. The Balaban J connectivity index is 3.42. The first-order valence-corrected chi connectivity index (χ1v) is 4.40. The summed E-state index contributed by atoms with van der Waals surface area (Å²) in [4.78, 5) is 14.7. The zero-order valence-corrected chi connectivity index (χ0v) is 9.16. The molecule has 5 nitrogen and oxygen atoms in total. The average Bonchev–Trinajstić information content (AvgIpc) is 2.16. The Morgan fingerprint density at radius 2 is 2.14 bits per heavy atom. The molecule has 0 aliphatic rings. The van der Waals surface area contributed by atoms with Gasteiger partial charge in [-0.05, 0) is 15.9 Å². The number of hydrogen-bond donors (Lipinski definition) is 1. The molecule has 76 valence electrons. The molecular formula is C8H8BrNO4. The molecule has 0 amide bonds. The molecular weight excluding hydrogens is 254 g/mol. The molecule has 14 heavy (non-hydrogen) atoms. The molecule has 0 spiro atoms. The highest BCUT2D eigenvalue weighted by atomic mass is 79.9. The van der Waals surface area contributed by atoms with Crippen LogP contribution in [0.4, 0.5) is 0 Å². The molecule has 0 aliphatic heterocycles. The van der Waals surface area contributed by atoms with Crippen molar-refractivity contribution >= 4 is 21.9 Å². The summed E-state index contributed by atoms with van der Waals surface area (Å²) in [6.45, 7) is 0. The molecule has 6 heteroatoms. The first-order valence-electron chi connectivity index (χ1n) is 3.61. The first kappa shape index (κ1) is 10.8. The van der Waals surface area contributed by atoms with Crippen LogP contribution in [0.3, 0.4) is 0 Å². The van der Waals surface area contributed by atoms with Gasteiger partial charge >= 0.3 is 5.97 Å². The molecule has 0 bridgehead atoms. The predicted octanol–water partition coefficient (Wildman–Crippen LogP) is 1.56. The van der Waals surface area contributed by atoms with E-state index in [0.717, 1.165) is 0 Å². The maximum Gasteiger partial charge on any atom is 0.340 e. The lowest BCUT2D eigenvalue weighted by Crippen LogP contribution is -2.04. The topological polar surface area (TPSA) is 68.7 Å². The standard InChI is InChI=1S/C8H8BrNO4/c1-13-6-5(8(11)12)4(9)3-10-7(6)14-2/h3H,1-2H3,(H,11,12). The maximum absolute atomic E-state index is 10.9. The van der Waals surface area contributed by atoms with Crippen LogP contribution in [0.5, 0.6) is 11.6 Å². The summed E-state index contributed by atoms with van der Waals surface area (Å²) >= 11 is 3.07. The van der Waals surface area contributed by atoms with E-state index >= 15 is 0 Å². The molecule has 0 aromatic carbocycles. The van der Waals surface area contributed by atoms with Gasteiger partial charge in [0.15, 0.2) is 5.75 Å². The normalized spacial score (nSPS) is 9.64. The van der Waals surface area contributed by atoms with Crippen LogP contribution in [0.1, 0.15) is 10.4 Å². The SMILES string of the molecule is COc1ncc(Br)c(C(=O)O)c1OC. The molecule has 1 heterocycles. The second-order valence-electron chi connectivity index (χ2n) is 2.33. The van der Waals surface area contributed by atoms with Gasteiger partial charge in [0.05, 0.1) is 18.7 Å². The van der Waals surface area contributed by atoms with Gasteiger partial charge in [-0.2, -0.15) is 0 Å². The second-order valence-corrected chi connectivity index (χ2v) is 3.18. The quantitative estimate of drug-likeness (QED) is 0.895. The Hall–Kier alpha value is -1.30. The molecule has 1 N–H and O–H groups in total. The van der Waals surface area contributed by atoms with E-state index in [1.165, 1.54) is 20.4 Å². The minimum atomic E-state index is -1.10. The van der Waals surface area contributed by atoms with Crippen LogP contribution in [0.25, 0.3) is 0 Å². The Kier molecular flexibility index (Phi) is 3.29. The fourth-order valence-corrected chi connectivity index (χ4v) is 1.44. The van der Waals surface area contributed by atoms with Gasteiger partial charge in [-0.1, -0.05) is 0 Å². The van der Waals surface area contributed by atoms with E-state index in [4.69, 9.17) is 14.6 Å². The number of hydrogen-bond acceptors (Lipinski definition) is 4. The molecule has 0 saturated carbocycles. The van der Waals surface area contributed by atoms with Gasteiger partial charge in [-0.25, -0.2) is 9.78 Å². The number of nitrogens with zero attached hydrogens (tertiary/aromatic N) is 1. The van der Waals surface area contributed by atoms with Gasteiger partial charge in [0.1, 0.15) is 5.56 Å². The molecule has 0 fully saturated rings. The number of halogens is 1. The Bertz CT molecular complexity index is 367. The number of methoxy groups -OCH3 is 2. The van der Waals surface area contributed by atoms with Crippen molar-refractivity contribution in [2.24, 2.45) is 0 Å². The highest BCUT2D eigenvalue weighted by molar-refractivity contribution is 9.10. The fourth-order valence-electron chi connectivity index (χ4n) is 0.988. The van der Waals surface area contributed by atoms with Crippen LogP contribution in [-0.2, 0) is 0 Å². The van der Waals surface area contributed by atoms with E-state index in [9.17, 15) is 4.79 Å². The highest BCUT2D eigenvalue weighted by Crippen LogP contribution is 2.33. The summed E-state index contributed by atoms with van der Waals surface area (Å²) in [5, 5.41) is 8.90. The van der Waals surface area contributed by atoms with Gasteiger partial charge in [-0.15, -0.1) is 0 Å². The third-order valence-electron chi connectivity index (χ3n) is 1.57. The summed E-state index contributed by atoms with van der Waals surface area (Å²) in [5.41, 5.74) is -0.000602. The van der Waals surface area contributed by atoms with Crippen molar-refractivity contribution in [3.05, 3.63) is 16.2 Å². The number of carboxylic acid groups (broad SMARTS) is 1. The van der Waals surface area contributed by atoms with Crippen LogP contribution in [0.15, 0.2) is 10.7 Å². The zero-order valence-electron chi connectivity index (χ0n) is 7.57. The lowest BCUT2D eigenvalue weighted by Gasteiger charge is -2.09. The van der Waals surface area contributed by atoms with Crippen LogP contribution < -0.4 is 9.47 Å². The number of pyridine rings is 1. The molecule has 0 radical (unpaired) electrons. The first-order chi connectivity index (χ1) is 6.61. The van der Waals surface area contributed by atoms with Crippen molar-refractivity contribution < 1.29 is 19.4 Å². The maximum atomic E-state index is 10.9. The number of aromatic nitrogens is 1. The third-order valence-corrected chi connectivity index (χ3v) is 2.17. The van der Waals surface area contributed by atoms with Crippen LogP contribution in [-0.4, -0.2) is 30.3 Å². The van der Waals surface area contributed by atoms with Crippen molar-refractivity contribution in [2.45, 2.75) is 0 Å². The van der Waals surface area contributed by atoms with Gasteiger partial charge in [0.25, 0.3) is 5.88 Å². The Morgan fingerprint density at radius 1 is 1.50 bits per heavy atom. The summed E-state index contributed by atoms with van der Waals surface area (Å²) in [6.07, 6.45) is 1.35. The number of rotatable bonds is 3. The zero-order chi connectivity index (χ0) is 10.7. The van der Waals surface area contributed by atoms with E-state index < -0.39 is 5.97 Å². The van der Waals surface area contributed by atoms with Crippen LogP contribution in [0.2, 0.25) is 0 Å². The minimum Gasteiger partial charge on any atom is -0.491 e. The number of carboxylic acids is 1. The average molecular weight is 262 g/mol. The van der Waals surface area contributed by atoms with Gasteiger partial charge < -0.3 is 14.6 Å². The molecule has 0 atom stereocenters. The van der Waals surface area contributed by atoms with Gasteiger partial charge in [0.2, 0.25) is 0 Å². The number of ether oxygens (including phenoxy) is 2. The molecule has 0 saturated heterocycles. The summed E-state index contributed by atoms with van der Waals surface area (Å²) in [7, 11) is 2.75. The molecule has 1 aromatic rings. The molecule has 1 aromatic heterocycles. The fraction of sp³-hybridized carbons (Fsp3) is 0.250. The van der Waals surface area contributed by atoms with Gasteiger partial charge in [0, 0.05) is 6.20 Å². The largest absolute Gasteiger partial charge is 0.491 e. The second kappa shape index (κ2) is 4.28. The summed E-state index contributed by atoms with van der Waals surface area (Å²) in [5.74, 6) is -0.850. The van der Waals surface area contributed by atoms with E-state index in [0.29, 0.717) is 4.47 Å². The van der Waals surface area contributed by atoms with Crippen molar-refractivity contribution in [1.29, 1.82) is 0 Å². The minimum absolute atomic E-state index is 0.000602. The Morgan fingerprint density at radius 3 is 2.57 bits per heavy atom. The van der Waals surface area contributed by atoms with E-state index in [-0.39, 0.29) is 17.2 Å². The smallest absolute Gasteiger partial charge is 0.340 e. The number of aromatic carboxylic acids is 1. The number of carbonyl (C=O) groups is 1. The van der Waals surface area contributed by atoms with Crippen molar-refractivity contribution in [3.63, 3.8) is 0 Å². The molecule has 1 rings (SSSR count). The Labute approximate surface area is 88.8 Å².